The molecule has 2 nitrogen and oxygen atoms in total. The predicted molar refractivity (Wildman–Crippen MR) is 82.2 cm³/mol. The first-order chi connectivity index (χ1) is 9.19. The zero-order valence-corrected chi connectivity index (χ0v) is 12.6. The fourth-order valence-corrected chi connectivity index (χ4v) is 3.02. The predicted octanol–water partition coefficient (Wildman–Crippen LogP) is 3.29. The minimum Gasteiger partial charge on any atom is -0.309 e. The highest BCUT2D eigenvalue weighted by Gasteiger charge is 2.26. The molecule has 19 heavy (non-hydrogen) atoms. The topological polar surface area (TPSA) is 15.3 Å². The van der Waals surface area contributed by atoms with Gasteiger partial charge in [0.05, 0.1) is 0 Å². The molecule has 1 N–H and O–H groups in total. The highest BCUT2D eigenvalue weighted by atomic mass is 15.2. The van der Waals surface area contributed by atoms with Crippen molar-refractivity contribution < 1.29 is 0 Å². The van der Waals surface area contributed by atoms with Crippen LogP contribution < -0.4 is 5.32 Å². The number of rotatable bonds is 5. The summed E-state index contributed by atoms with van der Waals surface area (Å²) in [5.74, 6) is 0.802. The molecule has 1 aliphatic heterocycles. The number of piperidine rings is 1. The second-order valence-corrected chi connectivity index (χ2v) is 6.12. The maximum atomic E-state index is 3.74. The fourth-order valence-electron chi connectivity index (χ4n) is 3.02. The minimum atomic E-state index is 0.637. The Balaban J connectivity index is 1.86. The zero-order valence-electron chi connectivity index (χ0n) is 12.6. The lowest BCUT2D eigenvalue weighted by Gasteiger charge is -2.40. The first-order valence-electron chi connectivity index (χ1n) is 7.70. The van der Waals surface area contributed by atoms with Crippen molar-refractivity contribution in [3.63, 3.8) is 0 Å². The van der Waals surface area contributed by atoms with E-state index in [0.29, 0.717) is 12.1 Å². The van der Waals surface area contributed by atoms with Gasteiger partial charge in [-0.3, -0.25) is 4.90 Å². The second kappa shape index (κ2) is 7.06. The Labute approximate surface area is 118 Å². The molecule has 1 saturated heterocycles. The van der Waals surface area contributed by atoms with Crippen molar-refractivity contribution in [1.29, 1.82) is 0 Å². The molecule has 0 radical (unpaired) electrons. The molecule has 0 bridgehead atoms. The van der Waals surface area contributed by atoms with Crippen LogP contribution in [-0.4, -0.2) is 30.1 Å². The van der Waals surface area contributed by atoms with E-state index in [0.717, 1.165) is 12.5 Å². The third kappa shape index (κ3) is 4.32. The van der Waals surface area contributed by atoms with E-state index in [1.165, 1.54) is 31.5 Å². The van der Waals surface area contributed by atoms with Crippen LogP contribution in [0.4, 0.5) is 0 Å². The summed E-state index contributed by atoms with van der Waals surface area (Å²) < 4.78 is 0. The van der Waals surface area contributed by atoms with Crippen LogP contribution in [0.1, 0.15) is 39.2 Å². The molecule has 0 amide bonds. The summed E-state index contributed by atoms with van der Waals surface area (Å²) in [5.41, 5.74) is 1.39. The molecule has 2 heteroatoms. The number of nitrogens with one attached hydrogen (secondary N) is 1. The molecular formula is C17H28N2. The van der Waals surface area contributed by atoms with E-state index in [-0.39, 0.29) is 0 Å². The van der Waals surface area contributed by atoms with Crippen molar-refractivity contribution in [3.8, 4) is 0 Å². The lowest BCUT2D eigenvalue weighted by Crippen LogP contribution is -2.51. The molecule has 2 rings (SSSR count). The largest absolute Gasteiger partial charge is 0.309 e. The summed E-state index contributed by atoms with van der Waals surface area (Å²) in [6.45, 7) is 10.5. The Morgan fingerprint density at radius 3 is 2.68 bits per heavy atom. The van der Waals surface area contributed by atoms with E-state index in [1.54, 1.807) is 0 Å². The Kier molecular flexibility index (Phi) is 5.41. The Morgan fingerprint density at radius 1 is 1.26 bits per heavy atom. The van der Waals surface area contributed by atoms with Gasteiger partial charge in [-0.15, -0.1) is 0 Å². The summed E-state index contributed by atoms with van der Waals surface area (Å²) >= 11 is 0. The van der Waals surface area contributed by atoms with Crippen LogP contribution in [0.2, 0.25) is 0 Å². The Bertz CT molecular complexity index is 363. The second-order valence-electron chi connectivity index (χ2n) is 6.12. The van der Waals surface area contributed by atoms with Crippen LogP contribution in [0.3, 0.4) is 0 Å². The maximum Gasteiger partial charge on any atom is 0.0208 e. The number of nitrogens with zero attached hydrogens (tertiary/aromatic N) is 1. The van der Waals surface area contributed by atoms with Gasteiger partial charge >= 0.3 is 0 Å². The maximum absolute atomic E-state index is 3.74. The van der Waals surface area contributed by atoms with Gasteiger partial charge in [0.2, 0.25) is 0 Å². The van der Waals surface area contributed by atoms with Gasteiger partial charge in [-0.2, -0.15) is 0 Å². The SMILES string of the molecule is CCC(C)N1CC(C)CC(NCc2ccccc2)C1. The Hall–Kier alpha value is -0.860. The third-order valence-electron chi connectivity index (χ3n) is 4.34. The highest BCUT2D eigenvalue weighted by molar-refractivity contribution is 5.14. The van der Waals surface area contributed by atoms with Crippen LogP contribution in [0.5, 0.6) is 0 Å². The molecule has 1 aromatic rings. The van der Waals surface area contributed by atoms with E-state index in [1.807, 2.05) is 0 Å². The number of hydrogen-bond donors (Lipinski definition) is 1. The van der Waals surface area contributed by atoms with E-state index in [9.17, 15) is 0 Å². The Morgan fingerprint density at radius 2 is 2.00 bits per heavy atom. The first kappa shape index (κ1) is 14.5. The van der Waals surface area contributed by atoms with Crippen LogP contribution in [0.25, 0.3) is 0 Å². The van der Waals surface area contributed by atoms with Crippen LogP contribution in [-0.2, 0) is 6.54 Å². The number of likely N-dealkylation sites (tertiary alicyclic amines) is 1. The fraction of sp³-hybridized carbons (Fsp3) is 0.647. The third-order valence-corrected chi connectivity index (χ3v) is 4.34. The molecule has 1 aromatic carbocycles. The number of hydrogen-bond acceptors (Lipinski definition) is 2. The molecule has 0 aromatic heterocycles. The standard InChI is InChI=1S/C17H28N2/c1-4-15(3)19-12-14(2)10-17(13-19)18-11-16-8-6-5-7-9-16/h5-9,14-15,17-18H,4,10-13H2,1-3H3. The average molecular weight is 260 g/mol. The van der Waals surface area contributed by atoms with Crippen molar-refractivity contribution in [2.24, 2.45) is 5.92 Å². The highest BCUT2D eigenvalue weighted by Crippen LogP contribution is 2.19. The molecule has 1 heterocycles. The summed E-state index contributed by atoms with van der Waals surface area (Å²) in [6, 6.07) is 12.1. The number of benzene rings is 1. The molecule has 3 unspecified atom stereocenters. The smallest absolute Gasteiger partial charge is 0.0208 e. The molecule has 0 spiro atoms. The van der Waals surface area contributed by atoms with Crippen molar-refractivity contribution in [3.05, 3.63) is 35.9 Å². The zero-order chi connectivity index (χ0) is 13.7. The first-order valence-corrected chi connectivity index (χ1v) is 7.70. The molecule has 106 valence electrons. The normalized spacial score (nSPS) is 26.3. The monoisotopic (exact) mass is 260 g/mol. The van der Waals surface area contributed by atoms with Gasteiger partial charge in [0.1, 0.15) is 0 Å². The summed E-state index contributed by atoms with van der Waals surface area (Å²) in [5, 5.41) is 3.74. The summed E-state index contributed by atoms with van der Waals surface area (Å²) in [4.78, 5) is 2.65. The molecule has 1 aliphatic rings. The summed E-state index contributed by atoms with van der Waals surface area (Å²) in [7, 11) is 0. The molecular weight excluding hydrogens is 232 g/mol. The molecule has 3 atom stereocenters. The van der Waals surface area contributed by atoms with E-state index < -0.39 is 0 Å². The van der Waals surface area contributed by atoms with Crippen LogP contribution in [0.15, 0.2) is 30.3 Å². The van der Waals surface area contributed by atoms with Gasteiger partial charge < -0.3 is 5.32 Å². The lowest BCUT2D eigenvalue weighted by molar-refractivity contribution is 0.108. The van der Waals surface area contributed by atoms with Crippen molar-refractivity contribution in [2.75, 3.05) is 13.1 Å². The van der Waals surface area contributed by atoms with Crippen LogP contribution >= 0.6 is 0 Å². The van der Waals surface area contributed by atoms with Gasteiger partial charge in [-0.1, -0.05) is 44.2 Å². The van der Waals surface area contributed by atoms with Crippen molar-refractivity contribution >= 4 is 0 Å². The molecule has 1 fully saturated rings. The van der Waals surface area contributed by atoms with Crippen molar-refractivity contribution in [2.45, 2.75) is 52.2 Å². The van der Waals surface area contributed by atoms with Gasteiger partial charge in [-0.05, 0) is 31.2 Å². The minimum absolute atomic E-state index is 0.637. The molecule has 0 aliphatic carbocycles. The van der Waals surface area contributed by atoms with Crippen molar-refractivity contribution in [1.82, 2.24) is 10.2 Å². The van der Waals surface area contributed by atoms with Gasteiger partial charge in [0.25, 0.3) is 0 Å². The van der Waals surface area contributed by atoms with Crippen LogP contribution in [0, 0.1) is 5.92 Å². The van der Waals surface area contributed by atoms with Gasteiger partial charge in [0, 0.05) is 31.7 Å². The van der Waals surface area contributed by atoms with E-state index >= 15 is 0 Å². The van der Waals surface area contributed by atoms with E-state index in [4.69, 9.17) is 0 Å². The van der Waals surface area contributed by atoms with E-state index in [2.05, 4.69) is 61.3 Å². The lowest BCUT2D eigenvalue weighted by atomic mass is 9.94. The van der Waals surface area contributed by atoms with Gasteiger partial charge in [0.15, 0.2) is 0 Å². The molecule has 0 saturated carbocycles. The van der Waals surface area contributed by atoms with Gasteiger partial charge in [-0.25, -0.2) is 0 Å². The quantitative estimate of drug-likeness (QED) is 0.874. The average Bonchev–Trinajstić information content (AvgIpc) is 2.45. The summed E-state index contributed by atoms with van der Waals surface area (Å²) in [6.07, 6.45) is 2.55.